The average Bonchev–Trinajstić information content (AvgIpc) is 3.01. The predicted octanol–water partition coefficient (Wildman–Crippen LogP) is 4.19. The van der Waals surface area contributed by atoms with Crippen molar-refractivity contribution in [3.05, 3.63) is 64.3 Å². The molecule has 0 spiro atoms. The molecule has 25 heavy (non-hydrogen) atoms. The molecule has 0 bridgehead atoms. The van der Waals surface area contributed by atoms with Gasteiger partial charge in [0, 0.05) is 24.1 Å². The van der Waals surface area contributed by atoms with Crippen LogP contribution in [0.15, 0.2) is 48.7 Å². The van der Waals surface area contributed by atoms with Gasteiger partial charge in [-0.3, -0.25) is 9.59 Å². The second-order valence-corrected chi connectivity index (χ2v) is 6.37. The lowest BCUT2D eigenvalue weighted by atomic mass is 10.1. The fraction of sp³-hybridized carbons (Fsp3) is 0.111. The van der Waals surface area contributed by atoms with E-state index in [2.05, 4.69) is 10.3 Å². The monoisotopic (exact) mass is 375 g/mol. The number of rotatable bonds is 4. The quantitative estimate of drug-likeness (QED) is 0.717. The van der Waals surface area contributed by atoms with Gasteiger partial charge in [0.1, 0.15) is 0 Å². The van der Waals surface area contributed by atoms with Crippen molar-refractivity contribution in [3.63, 3.8) is 0 Å². The molecule has 2 N–H and O–H groups in total. The molecule has 0 saturated heterocycles. The van der Waals surface area contributed by atoms with Gasteiger partial charge in [-0.15, -0.1) is 0 Å². The van der Waals surface area contributed by atoms with Gasteiger partial charge in [0.2, 0.25) is 5.91 Å². The standard InChI is InChI=1S/C18H15Cl2N3O2/c1-23(10-16(24)22-17-13(19)6-4-7-14(17)20)18(25)12-9-21-15-8-3-2-5-11(12)15/h2-9,21H,10H2,1H3,(H,22,24). The van der Waals surface area contributed by atoms with Crippen LogP contribution in [0, 0.1) is 0 Å². The molecule has 3 rings (SSSR count). The first-order valence-corrected chi connectivity index (χ1v) is 8.28. The maximum atomic E-state index is 12.6. The van der Waals surface area contributed by atoms with Gasteiger partial charge in [-0.05, 0) is 18.2 Å². The van der Waals surface area contributed by atoms with E-state index in [0.29, 0.717) is 21.3 Å². The van der Waals surface area contributed by atoms with Crippen molar-refractivity contribution in [2.45, 2.75) is 0 Å². The molecule has 0 radical (unpaired) electrons. The third-order valence-electron chi connectivity index (χ3n) is 3.77. The molecule has 0 fully saturated rings. The predicted molar refractivity (Wildman–Crippen MR) is 100 cm³/mol. The van der Waals surface area contributed by atoms with Crippen LogP contribution in [0.25, 0.3) is 10.9 Å². The van der Waals surface area contributed by atoms with Gasteiger partial charge < -0.3 is 15.2 Å². The number of anilines is 1. The van der Waals surface area contributed by atoms with Gasteiger partial charge in [-0.1, -0.05) is 47.5 Å². The molecule has 0 aliphatic heterocycles. The highest BCUT2D eigenvalue weighted by Crippen LogP contribution is 2.29. The molecule has 0 unspecified atom stereocenters. The third kappa shape index (κ3) is 3.62. The molecule has 5 nitrogen and oxygen atoms in total. The lowest BCUT2D eigenvalue weighted by molar-refractivity contribution is -0.116. The maximum Gasteiger partial charge on any atom is 0.256 e. The van der Waals surface area contributed by atoms with E-state index in [1.165, 1.54) is 4.90 Å². The molecule has 1 aromatic heterocycles. The summed E-state index contributed by atoms with van der Waals surface area (Å²) in [4.78, 5) is 29.2. The summed E-state index contributed by atoms with van der Waals surface area (Å²) in [5.41, 5.74) is 1.72. The largest absolute Gasteiger partial charge is 0.360 e. The summed E-state index contributed by atoms with van der Waals surface area (Å²) in [6.07, 6.45) is 1.65. The molecular weight excluding hydrogens is 361 g/mol. The molecule has 0 saturated carbocycles. The normalized spacial score (nSPS) is 10.7. The number of carbonyl (C=O) groups excluding carboxylic acids is 2. The van der Waals surface area contributed by atoms with Crippen molar-refractivity contribution in [2.75, 3.05) is 18.9 Å². The number of hydrogen-bond acceptors (Lipinski definition) is 2. The molecule has 1 heterocycles. The summed E-state index contributed by atoms with van der Waals surface area (Å²) in [5.74, 6) is -0.636. The van der Waals surface area contributed by atoms with E-state index in [-0.39, 0.29) is 18.4 Å². The second-order valence-electron chi connectivity index (χ2n) is 5.55. The van der Waals surface area contributed by atoms with Crippen LogP contribution in [-0.2, 0) is 4.79 Å². The summed E-state index contributed by atoms with van der Waals surface area (Å²) in [7, 11) is 1.57. The highest BCUT2D eigenvalue weighted by molar-refractivity contribution is 6.39. The molecule has 0 atom stereocenters. The fourth-order valence-electron chi connectivity index (χ4n) is 2.54. The van der Waals surface area contributed by atoms with Crippen molar-refractivity contribution in [2.24, 2.45) is 0 Å². The van der Waals surface area contributed by atoms with Crippen molar-refractivity contribution in [1.29, 1.82) is 0 Å². The average molecular weight is 376 g/mol. The number of amides is 2. The Kier molecular flexibility index (Phi) is 4.97. The number of nitrogens with one attached hydrogen (secondary N) is 2. The summed E-state index contributed by atoms with van der Waals surface area (Å²) < 4.78 is 0. The number of para-hydroxylation sites is 2. The number of benzene rings is 2. The zero-order valence-electron chi connectivity index (χ0n) is 13.3. The van der Waals surface area contributed by atoms with Gasteiger partial charge in [-0.2, -0.15) is 0 Å². The second kappa shape index (κ2) is 7.17. The van der Waals surface area contributed by atoms with E-state index in [9.17, 15) is 9.59 Å². The summed E-state index contributed by atoms with van der Waals surface area (Å²) in [6, 6.07) is 12.4. The van der Waals surface area contributed by atoms with Gasteiger partial charge in [-0.25, -0.2) is 0 Å². The van der Waals surface area contributed by atoms with Crippen molar-refractivity contribution < 1.29 is 9.59 Å². The topological polar surface area (TPSA) is 65.2 Å². The van der Waals surface area contributed by atoms with Crippen LogP contribution >= 0.6 is 23.2 Å². The molecule has 0 aliphatic carbocycles. The molecule has 7 heteroatoms. The number of carbonyl (C=O) groups is 2. The van der Waals surface area contributed by atoms with E-state index < -0.39 is 0 Å². The zero-order chi connectivity index (χ0) is 18.0. The van der Waals surface area contributed by atoms with Gasteiger partial charge in [0.25, 0.3) is 5.91 Å². The lowest BCUT2D eigenvalue weighted by Gasteiger charge is -2.17. The van der Waals surface area contributed by atoms with Crippen molar-refractivity contribution >= 4 is 51.6 Å². The number of aromatic amines is 1. The third-order valence-corrected chi connectivity index (χ3v) is 4.40. The Labute approximate surface area is 154 Å². The smallest absolute Gasteiger partial charge is 0.256 e. The Bertz CT molecular complexity index is 932. The van der Waals surface area contributed by atoms with Crippen LogP contribution in [0.2, 0.25) is 10.0 Å². The molecule has 128 valence electrons. The molecule has 0 aliphatic rings. The number of nitrogens with zero attached hydrogens (tertiary/aromatic N) is 1. The molecule has 3 aromatic rings. The first kappa shape index (κ1) is 17.3. The van der Waals surface area contributed by atoms with E-state index in [1.54, 1.807) is 31.4 Å². The Morgan fingerprint density at radius 3 is 2.48 bits per heavy atom. The zero-order valence-corrected chi connectivity index (χ0v) is 14.9. The van der Waals surface area contributed by atoms with E-state index in [1.807, 2.05) is 24.3 Å². The van der Waals surface area contributed by atoms with Crippen LogP contribution in [0.3, 0.4) is 0 Å². The Morgan fingerprint density at radius 1 is 1.08 bits per heavy atom. The summed E-state index contributed by atoms with van der Waals surface area (Å²) in [6.45, 7) is -0.125. The van der Waals surface area contributed by atoms with Crippen LogP contribution in [-0.4, -0.2) is 35.3 Å². The van der Waals surface area contributed by atoms with Crippen LogP contribution in [0.4, 0.5) is 5.69 Å². The van der Waals surface area contributed by atoms with Crippen molar-refractivity contribution in [1.82, 2.24) is 9.88 Å². The number of fused-ring (bicyclic) bond motifs is 1. The highest BCUT2D eigenvalue weighted by atomic mass is 35.5. The van der Waals surface area contributed by atoms with Crippen LogP contribution in [0.5, 0.6) is 0 Å². The van der Waals surface area contributed by atoms with E-state index >= 15 is 0 Å². The van der Waals surface area contributed by atoms with Crippen LogP contribution < -0.4 is 5.32 Å². The molecule has 2 aromatic carbocycles. The van der Waals surface area contributed by atoms with E-state index in [0.717, 1.165) is 10.9 Å². The first-order chi connectivity index (χ1) is 12.0. The lowest BCUT2D eigenvalue weighted by Crippen LogP contribution is -2.35. The fourth-order valence-corrected chi connectivity index (χ4v) is 3.03. The minimum absolute atomic E-state index is 0.125. The van der Waals surface area contributed by atoms with Gasteiger partial charge in [0.15, 0.2) is 0 Å². The number of halogens is 2. The minimum atomic E-state index is -0.384. The highest BCUT2D eigenvalue weighted by Gasteiger charge is 2.19. The Balaban J connectivity index is 1.72. The van der Waals surface area contributed by atoms with Gasteiger partial charge >= 0.3 is 0 Å². The number of aromatic nitrogens is 1. The minimum Gasteiger partial charge on any atom is -0.360 e. The summed E-state index contributed by atoms with van der Waals surface area (Å²) >= 11 is 12.1. The molecule has 2 amide bonds. The maximum absolute atomic E-state index is 12.6. The number of hydrogen-bond donors (Lipinski definition) is 2. The van der Waals surface area contributed by atoms with E-state index in [4.69, 9.17) is 23.2 Å². The SMILES string of the molecule is CN(CC(=O)Nc1c(Cl)cccc1Cl)C(=O)c1c[nH]c2ccccc12. The van der Waals surface area contributed by atoms with Crippen LogP contribution in [0.1, 0.15) is 10.4 Å². The number of likely N-dealkylation sites (N-methyl/N-ethyl adjacent to an activating group) is 1. The van der Waals surface area contributed by atoms with Gasteiger partial charge in [0.05, 0.1) is 27.8 Å². The Morgan fingerprint density at radius 2 is 1.76 bits per heavy atom. The summed E-state index contributed by atoms with van der Waals surface area (Å²) in [5, 5.41) is 4.13. The number of H-pyrrole nitrogens is 1. The first-order valence-electron chi connectivity index (χ1n) is 7.53. The Hall–Kier alpha value is -2.50. The van der Waals surface area contributed by atoms with Crippen molar-refractivity contribution in [3.8, 4) is 0 Å². The molecular formula is C18H15Cl2N3O2.